The van der Waals surface area contributed by atoms with Crippen molar-refractivity contribution in [2.75, 3.05) is 0 Å². The van der Waals surface area contributed by atoms with Crippen LogP contribution in [0.1, 0.15) is 93.7 Å². The van der Waals surface area contributed by atoms with Crippen molar-refractivity contribution in [1.29, 1.82) is 0 Å². The van der Waals surface area contributed by atoms with Gasteiger partial charge in [-0.25, -0.2) is 4.39 Å². The molecular weight excluding hydrogens is 415 g/mol. The summed E-state index contributed by atoms with van der Waals surface area (Å²) in [6.07, 6.45) is 13.8. The molecule has 3 atom stereocenters. The molecule has 2 aromatic rings. The van der Waals surface area contributed by atoms with E-state index < -0.39 is 6.17 Å². The van der Waals surface area contributed by atoms with E-state index >= 15 is 4.39 Å². The summed E-state index contributed by atoms with van der Waals surface area (Å²) in [7, 11) is 0. The van der Waals surface area contributed by atoms with E-state index in [-0.39, 0.29) is 5.92 Å². The smallest absolute Gasteiger partial charge is 0.107 e. The molecular formula is C30H40ClF. The molecule has 174 valence electrons. The van der Waals surface area contributed by atoms with Gasteiger partial charge in [0.2, 0.25) is 0 Å². The van der Waals surface area contributed by atoms with Crippen LogP contribution in [-0.4, -0.2) is 6.17 Å². The Morgan fingerprint density at radius 1 is 0.781 bits per heavy atom. The topological polar surface area (TPSA) is 0 Å². The lowest BCUT2D eigenvalue weighted by Crippen LogP contribution is -2.26. The summed E-state index contributed by atoms with van der Waals surface area (Å²) >= 11 is 6.02. The molecule has 0 radical (unpaired) electrons. The van der Waals surface area contributed by atoms with E-state index in [2.05, 4.69) is 43.3 Å². The van der Waals surface area contributed by atoms with Crippen molar-refractivity contribution >= 4 is 11.6 Å². The largest absolute Gasteiger partial charge is 0.247 e. The van der Waals surface area contributed by atoms with Crippen LogP contribution < -0.4 is 0 Å². The van der Waals surface area contributed by atoms with Crippen molar-refractivity contribution < 1.29 is 4.39 Å². The zero-order chi connectivity index (χ0) is 22.3. The number of aryl methyl sites for hydroxylation is 2. The minimum absolute atomic E-state index is 0.0765. The molecule has 2 saturated carbocycles. The lowest BCUT2D eigenvalue weighted by Gasteiger charge is -2.34. The zero-order valence-electron chi connectivity index (χ0n) is 19.7. The fraction of sp³-hybridized carbons (Fsp3) is 0.600. The van der Waals surface area contributed by atoms with E-state index in [0.717, 1.165) is 42.5 Å². The minimum Gasteiger partial charge on any atom is -0.247 e. The Morgan fingerprint density at radius 3 is 2.16 bits per heavy atom. The first-order valence-electron chi connectivity index (χ1n) is 13.1. The third kappa shape index (κ3) is 6.37. The molecule has 4 rings (SSSR count). The van der Waals surface area contributed by atoms with Crippen LogP contribution in [0.25, 0.3) is 0 Å². The second-order valence-electron chi connectivity index (χ2n) is 10.5. The molecule has 0 amide bonds. The van der Waals surface area contributed by atoms with E-state index in [4.69, 9.17) is 11.6 Å². The second kappa shape index (κ2) is 11.7. The molecule has 2 aromatic carbocycles. The van der Waals surface area contributed by atoms with Crippen molar-refractivity contribution in [3.8, 4) is 0 Å². The molecule has 32 heavy (non-hydrogen) atoms. The predicted octanol–water partition coefficient (Wildman–Crippen LogP) is 9.34. The first-order valence-corrected chi connectivity index (χ1v) is 13.5. The van der Waals surface area contributed by atoms with Gasteiger partial charge in [-0.05, 0) is 78.7 Å². The normalized spacial score (nSPS) is 28.5. The standard InChI is InChI=1S/C30H40ClF/c1-2-22-7-9-23(10-8-22)11-12-25-16-20-29(30(32)21-25)28-6-4-3-5-26(28)17-13-24-14-18-27(31)19-15-24/h3-6,14-15,18-19,22-23,25,29-30H,2,7-13,16-17,20-21H2,1H3. The third-order valence-corrected chi connectivity index (χ3v) is 8.71. The maximum absolute atomic E-state index is 15.4. The Labute approximate surface area is 200 Å². The number of benzene rings is 2. The van der Waals surface area contributed by atoms with Crippen LogP contribution in [0, 0.1) is 17.8 Å². The number of halogens is 2. The molecule has 0 spiro atoms. The van der Waals surface area contributed by atoms with E-state index in [1.54, 1.807) is 0 Å². The predicted molar refractivity (Wildman–Crippen MR) is 135 cm³/mol. The molecule has 3 unspecified atom stereocenters. The highest BCUT2D eigenvalue weighted by molar-refractivity contribution is 6.30. The molecule has 2 fully saturated rings. The number of alkyl halides is 1. The lowest BCUT2D eigenvalue weighted by molar-refractivity contribution is 0.152. The summed E-state index contributed by atoms with van der Waals surface area (Å²) in [5, 5.41) is 0.778. The van der Waals surface area contributed by atoms with Gasteiger partial charge in [-0.15, -0.1) is 0 Å². The number of rotatable bonds is 8. The molecule has 0 aliphatic heterocycles. The summed E-state index contributed by atoms with van der Waals surface area (Å²) in [6.45, 7) is 2.33. The third-order valence-electron chi connectivity index (χ3n) is 8.46. The molecule has 2 aliphatic carbocycles. The maximum Gasteiger partial charge on any atom is 0.107 e. The summed E-state index contributed by atoms with van der Waals surface area (Å²) in [4.78, 5) is 0. The highest BCUT2D eigenvalue weighted by Gasteiger charge is 2.33. The Hall–Kier alpha value is -1.34. The first-order chi connectivity index (χ1) is 15.6. The molecule has 2 heteroatoms. The van der Waals surface area contributed by atoms with E-state index in [1.807, 2.05) is 12.1 Å². The molecule has 0 bridgehead atoms. The van der Waals surface area contributed by atoms with Gasteiger partial charge < -0.3 is 0 Å². The van der Waals surface area contributed by atoms with Crippen LogP contribution in [0.3, 0.4) is 0 Å². The van der Waals surface area contributed by atoms with Crippen LogP contribution in [0.15, 0.2) is 48.5 Å². The van der Waals surface area contributed by atoms with Gasteiger partial charge >= 0.3 is 0 Å². The average molecular weight is 455 g/mol. The van der Waals surface area contributed by atoms with Gasteiger partial charge in [0.25, 0.3) is 0 Å². The molecule has 0 heterocycles. The van der Waals surface area contributed by atoms with Crippen molar-refractivity contribution in [3.05, 3.63) is 70.2 Å². The van der Waals surface area contributed by atoms with Crippen molar-refractivity contribution in [3.63, 3.8) is 0 Å². The van der Waals surface area contributed by atoms with Gasteiger partial charge in [0, 0.05) is 10.9 Å². The zero-order valence-corrected chi connectivity index (χ0v) is 20.5. The maximum atomic E-state index is 15.4. The van der Waals surface area contributed by atoms with Crippen LogP contribution in [0.2, 0.25) is 5.02 Å². The Kier molecular flexibility index (Phi) is 8.69. The van der Waals surface area contributed by atoms with Gasteiger partial charge in [-0.3, -0.25) is 0 Å². The molecule has 2 aliphatic rings. The Balaban J connectivity index is 1.29. The first kappa shape index (κ1) is 23.8. The molecule has 0 aromatic heterocycles. The average Bonchev–Trinajstić information content (AvgIpc) is 2.83. The molecule has 0 N–H and O–H groups in total. The number of hydrogen-bond acceptors (Lipinski definition) is 0. The van der Waals surface area contributed by atoms with Crippen molar-refractivity contribution in [2.24, 2.45) is 17.8 Å². The van der Waals surface area contributed by atoms with Gasteiger partial charge in [0.05, 0.1) is 0 Å². The van der Waals surface area contributed by atoms with E-state index in [1.165, 1.54) is 68.1 Å². The van der Waals surface area contributed by atoms with E-state index in [9.17, 15) is 0 Å². The van der Waals surface area contributed by atoms with E-state index in [0.29, 0.717) is 5.92 Å². The van der Waals surface area contributed by atoms with Gasteiger partial charge in [-0.1, -0.05) is 99.9 Å². The van der Waals surface area contributed by atoms with Gasteiger partial charge in [-0.2, -0.15) is 0 Å². The minimum atomic E-state index is -0.693. The van der Waals surface area contributed by atoms with Gasteiger partial charge in [0.1, 0.15) is 6.17 Å². The van der Waals surface area contributed by atoms with Gasteiger partial charge in [0.15, 0.2) is 0 Å². The van der Waals surface area contributed by atoms with Crippen LogP contribution in [0.5, 0.6) is 0 Å². The van der Waals surface area contributed by atoms with Crippen LogP contribution in [0.4, 0.5) is 4.39 Å². The fourth-order valence-corrected chi connectivity index (χ4v) is 6.39. The van der Waals surface area contributed by atoms with Crippen LogP contribution >= 0.6 is 11.6 Å². The molecule has 0 nitrogen and oxygen atoms in total. The highest BCUT2D eigenvalue weighted by Crippen LogP contribution is 2.42. The summed E-state index contributed by atoms with van der Waals surface area (Å²) in [6, 6.07) is 16.7. The Morgan fingerprint density at radius 2 is 1.44 bits per heavy atom. The molecule has 0 saturated heterocycles. The van der Waals surface area contributed by atoms with Crippen molar-refractivity contribution in [2.45, 2.75) is 96.1 Å². The SMILES string of the molecule is CCC1CCC(CCC2CCC(c3ccccc3CCc3ccc(Cl)cc3)C(F)C2)CC1. The van der Waals surface area contributed by atoms with Crippen LogP contribution in [-0.2, 0) is 12.8 Å². The summed E-state index contributed by atoms with van der Waals surface area (Å²) < 4.78 is 15.4. The fourth-order valence-electron chi connectivity index (χ4n) is 6.26. The van der Waals surface area contributed by atoms with Crippen molar-refractivity contribution in [1.82, 2.24) is 0 Å². The summed E-state index contributed by atoms with van der Waals surface area (Å²) in [5.41, 5.74) is 3.87. The second-order valence-corrected chi connectivity index (χ2v) is 10.9. The summed E-state index contributed by atoms with van der Waals surface area (Å²) in [5.74, 6) is 2.54. The highest BCUT2D eigenvalue weighted by atomic mass is 35.5. The lowest BCUT2D eigenvalue weighted by atomic mass is 9.72. The monoisotopic (exact) mass is 454 g/mol. The quantitative estimate of drug-likeness (QED) is 0.372. The number of hydrogen-bond donors (Lipinski definition) is 0. The Bertz CT molecular complexity index is 821.